The smallest absolute Gasteiger partial charge is 0.338 e. The number of aliphatic imine (C=N–C) groups is 1. The highest BCUT2D eigenvalue weighted by molar-refractivity contribution is 9.10. The first-order valence-electron chi connectivity index (χ1n) is 11.5. The molecule has 0 bridgehead atoms. The number of nitrogens with one attached hydrogen (secondary N) is 1. The number of rotatable bonds is 9. The number of thiazole rings is 1. The van der Waals surface area contributed by atoms with Crippen molar-refractivity contribution >= 4 is 45.0 Å². The lowest BCUT2D eigenvalue weighted by molar-refractivity contribution is -0.139. The van der Waals surface area contributed by atoms with Gasteiger partial charge in [0.05, 0.1) is 25.4 Å². The molecule has 36 heavy (non-hydrogen) atoms. The lowest BCUT2D eigenvalue weighted by Crippen LogP contribution is -2.49. The Hall–Kier alpha value is -2.67. The average molecular weight is 581 g/mol. The molecule has 0 unspecified atom stereocenters. The number of morpholine rings is 1. The number of amidine groups is 1. The van der Waals surface area contributed by atoms with E-state index in [-0.39, 0.29) is 19.1 Å². The standard InChI is InChI=1S/C24H26BrFN4O5S/c1-2-35-24(33)20-18(12-30-8-9-34-13-15(30)4-6-19(31)32)28-22(23-27-7-10-36-23)29-21(20)16-5-3-14(26)11-17(16)25/h3,5,7,10-11,15,21H,2,4,6,8-9,12-13H2,1H3,(H,28,29)(H,31,32)/t15-,21+/m0/s1. The summed E-state index contributed by atoms with van der Waals surface area (Å²) < 4.78 is 25.4. The molecule has 0 amide bonds. The normalized spacial score (nSPS) is 20.6. The summed E-state index contributed by atoms with van der Waals surface area (Å²) >= 11 is 4.83. The number of hydrogen-bond donors (Lipinski definition) is 2. The molecule has 4 rings (SSSR count). The Kier molecular flexibility index (Phi) is 8.83. The van der Waals surface area contributed by atoms with Crippen molar-refractivity contribution in [1.82, 2.24) is 15.2 Å². The van der Waals surface area contributed by atoms with Gasteiger partial charge in [0, 0.05) is 47.3 Å². The van der Waals surface area contributed by atoms with E-state index in [0.717, 1.165) is 0 Å². The maximum atomic E-state index is 13.9. The van der Waals surface area contributed by atoms with E-state index >= 15 is 0 Å². The van der Waals surface area contributed by atoms with Gasteiger partial charge in [0.1, 0.15) is 11.9 Å². The first-order valence-corrected chi connectivity index (χ1v) is 13.2. The Morgan fingerprint density at radius 2 is 2.25 bits per heavy atom. The SMILES string of the molecule is CCOC(=O)C1=C(CN2CCOC[C@@H]2CCC(=O)O)NC(c2nccs2)=N[C@@H]1c1ccc(F)cc1Br. The van der Waals surface area contributed by atoms with Gasteiger partial charge in [-0.3, -0.25) is 14.7 Å². The molecule has 3 heterocycles. The van der Waals surface area contributed by atoms with E-state index in [1.165, 1.54) is 23.5 Å². The van der Waals surface area contributed by atoms with Crippen LogP contribution in [0.15, 0.2) is 50.5 Å². The molecule has 9 nitrogen and oxygen atoms in total. The molecular weight excluding hydrogens is 555 g/mol. The van der Waals surface area contributed by atoms with Crippen molar-refractivity contribution in [2.24, 2.45) is 4.99 Å². The lowest BCUT2D eigenvalue weighted by Gasteiger charge is -2.37. The fourth-order valence-electron chi connectivity index (χ4n) is 4.22. The number of aliphatic carboxylic acids is 1. The number of carboxylic acid groups (broad SMARTS) is 1. The van der Waals surface area contributed by atoms with Gasteiger partial charge in [-0.2, -0.15) is 0 Å². The molecule has 0 aliphatic carbocycles. The fraction of sp³-hybridized carbons (Fsp3) is 0.417. The molecule has 192 valence electrons. The molecule has 1 fully saturated rings. The summed E-state index contributed by atoms with van der Waals surface area (Å²) in [7, 11) is 0. The van der Waals surface area contributed by atoms with E-state index in [0.29, 0.717) is 64.9 Å². The molecule has 1 aromatic carbocycles. The van der Waals surface area contributed by atoms with Gasteiger partial charge in [0.15, 0.2) is 10.8 Å². The minimum Gasteiger partial charge on any atom is -0.481 e. The van der Waals surface area contributed by atoms with Crippen molar-refractivity contribution in [3.63, 3.8) is 0 Å². The zero-order chi connectivity index (χ0) is 25.7. The number of carboxylic acids is 1. The highest BCUT2D eigenvalue weighted by atomic mass is 79.9. The summed E-state index contributed by atoms with van der Waals surface area (Å²) in [6, 6.07) is 3.35. The number of carbonyl (C=O) groups excluding carboxylic acids is 1. The Balaban J connectivity index is 1.78. The molecule has 2 aromatic rings. The molecule has 0 saturated carbocycles. The number of aromatic nitrogens is 1. The van der Waals surface area contributed by atoms with E-state index in [2.05, 4.69) is 31.1 Å². The van der Waals surface area contributed by atoms with Gasteiger partial charge in [-0.1, -0.05) is 22.0 Å². The van der Waals surface area contributed by atoms with Crippen LogP contribution in [0.5, 0.6) is 0 Å². The van der Waals surface area contributed by atoms with E-state index in [4.69, 9.17) is 14.5 Å². The highest BCUT2D eigenvalue weighted by Crippen LogP contribution is 2.37. The largest absolute Gasteiger partial charge is 0.481 e. The van der Waals surface area contributed by atoms with Crippen LogP contribution in [0.2, 0.25) is 0 Å². The van der Waals surface area contributed by atoms with Crippen molar-refractivity contribution < 1.29 is 28.6 Å². The Bertz CT molecular complexity index is 1170. The maximum Gasteiger partial charge on any atom is 0.338 e. The van der Waals surface area contributed by atoms with Crippen LogP contribution in [-0.2, 0) is 19.1 Å². The number of halogens is 2. The number of carbonyl (C=O) groups is 2. The van der Waals surface area contributed by atoms with Crippen LogP contribution >= 0.6 is 27.3 Å². The monoisotopic (exact) mass is 580 g/mol. The Labute approximate surface area is 220 Å². The van der Waals surface area contributed by atoms with Gasteiger partial charge in [0.2, 0.25) is 0 Å². The fourth-order valence-corrected chi connectivity index (χ4v) is 5.38. The summed E-state index contributed by atoms with van der Waals surface area (Å²) in [5.74, 6) is -1.33. The molecule has 2 aliphatic rings. The minimum atomic E-state index is -0.873. The van der Waals surface area contributed by atoms with Gasteiger partial charge in [-0.15, -0.1) is 11.3 Å². The number of nitrogens with zero attached hydrogens (tertiary/aromatic N) is 3. The zero-order valence-corrected chi connectivity index (χ0v) is 22.0. The molecule has 0 radical (unpaired) electrons. The number of ether oxygens (including phenoxy) is 2. The van der Waals surface area contributed by atoms with E-state index in [9.17, 15) is 19.1 Å². The van der Waals surface area contributed by atoms with Crippen LogP contribution in [0.1, 0.15) is 36.4 Å². The second-order valence-corrected chi connectivity index (χ2v) is 10.0. The molecule has 2 aliphatic heterocycles. The van der Waals surface area contributed by atoms with Crippen molar-refractivity contribution in [2.45, 2.75) is 31.8 Å². The quantitative estimate of drug-likeness (QED) is 0.433. The third kappa shape index (κ3) is 6.17. The number of esters is 1. The molecule has 0 spiro atoms. The molecule has 2 N–H and O–H groups in total. The van der Waals surface area contributed by atoms with Crippen LogP contribution in [0.25, 0.3) is 0 Å². The van der Waals surface area contributed by atoms with Crippen molar-refractivity contribution in [3.8, 4) is 0 Å². The van der Waals surface area contributed by atoms with E-state index < -0.39 is 23.8 Å². The summed E-state index contributed by atoms with van der Waals surface area (Å²) in [6.07, 6.45) is 2.09. The Morgan fingerprint density at radius 1 is 1.42 bits per heavy atom. The van der Waals surface area contributed by atoms with Crippen molar-refractivity contribution in [1.29, 1.82) is 0 Å². The predicted molar refractivity (Wildman–Crippen MR) is 135 cm³/mol. The third-order valence-corrected chi connectivity index (χ3v) is 7.38. The number of hydrogen-bond acceptors (Lipinski definition) is 9. The van der Waals surface area contributed by atoms with Crippen molar-refractivity contribution in [3.05, 3.63) is 61.9 Å². The van der Waals surface area contributed by atoms with Crippen LogP contribution in [0.4, 0.5) is 4.39 Å². The summed E-state index contributed by atoms with van der Waals surface area (Å²) in [4.78, 5) is 35.8. The summed E-state index contributed by atoms with van der Waals surface area (Å²) in [6.45, 7) is 3.68. The van der Waals surface area contributed by atoms with Crippen LogP contribution in [-0.4, -0.2) is 71.7 Å². The van der Waals surface area contributed by atoms with Gasteiger partial charge >= 0.3 is 11.9 Å². The second kappa shape index (κ2) is 12.0. The molecule has 1 aromatic heterocycles. The molecule has 2 atom stereocenters. The van der Waals surface area contributed by atoms with Crippen LogP contribution in [0.3, 0.4) is 0 Å². The van der Waals surface area contributed by atoms with Crippen LogP contribution < -0.4 is 5.32 Å². The topological polar surface area (TPSA) is 113 Å². The highest BCUT2D eigenvalue weighted by Gasteiger charge is 2.36. The average Bonchev–Trinajstić information content (AvgIpc) is 3.38. The van der Waals surface area contributed by atoms with Gasteiger partial charge in [-0.05, 0) is 31.0 Å². The second-order valence-electron chi connectivity index (χ2n) is 8.25. The van der Waals surface area contributed by atoms with Gasteiger partial charge in [0.25, 0.3) is 0 Å². The minimum absolute atomic E-state index is 0.0126. The zero-order valence-electron chi connectivity index (χ0n) is 19.6. The van der Waals surface area contributed by atoms with E-state index in [1.54, 1.807) is 19.2 Å². The van der Waals surface area contributed by atoms with Crippen LogP contribution in [0, 0.1) is 5.82 Å². The molecule has 12 heteroatoms. The third-order valence-electron chi connectivity index (χ3n) is 5.92. The molecule has 1 saturated heterocycles. The predicted octanol–water partition coefficient (Wildman–Crippen LogP) is 3.52. The van der Waals surface area contributed by atoms with Crippen molar-refractivity contribution in [2.75, 3.05) is 32.9 Å². The summed E-state index contributed by atoms with van der Waals surface area (Å²) in [5.41, 5.74) is 1.50. The number of benzene rings is 1. The maximum absolute atomic E-state index is 13.9. The first-order chi connectivity index (χ1) is 17.4. The van der Waals surface area contributed by atoms with Gasteiger partial charge < -0.3 is 19.9 Å². The summed E-state index contributed by atoms with van der Waals surface area (Å²) in [5, 5.41) is 14.9. The lowest BCUT2D eigenvalue weighted by atomic mass is 9.95. The first kappa shape index (κ1) is 26.4. The molecular formula is C24H26BrFN4O5S. The van der Waals surface area contributed by atoms with Gasteiger partial charge in [-0.25, -0.2) is 14.2 Å². The van der Waals surface area contributed by atoms with E-state index in [1.807, 2.05) is 5.38 Å². The Morgan fingerprint density at radius 3 is 2.94 bits per heavy atom.